The zero-order valence-electron chi connectivity index (χ0n) is 11.7. The van der Waals surface area contributed by atoms with Crippen LogP contribution in [0, 0.1) is 5.92 Å². The SMILES string of the molecule is CCC(Sc1ccccc1)C(=O)N[C@@H]1C=C[C@H](CO)C1. The van der Waals surface area contributed by atoms with E-state index in [0.29, 0.717) is 0 Å². The van der Waals surface area contributed by atoms with Gasteiger partial charge in [-0.1, -0.05) is 37.3 Å². The quantitative estimate of drug-likeness (QED) is 0.626. The molecule has 0 spiro atoms. The summed E-state index contributed by atoms with van der Waals surface area (Å²) < 4.78 is 0. The average molecular weight is 291 g/mol. The molecule has 1 amide bonds. The van der Waals surface area contributed by atoms with Crippen molar-refractivity contribution in [3.05, 3.63) is 42.5 Å². The number of thioether (sulfide) groups is 1. The van der Waals surface area contributed by atoms with E-state index in [9.17, 15) is 4.79 Å². The van der Waals surface area contributed by atoms with E-state index in [1.165, 1.54) is 0 Å². The van der Waals surface area contributed by atoms with Gasteiger partial charge in [-0.05, 0) is 25.0 Å². The molecule has 1 aromatic rings. The van der Waals surface area contributed by atoms with Gasteiger partial charge in [-0.15, -0.1) is 11.8 Å². The molecule has 3 nitrogen and oxygen atoms in total. The Bertz CT molecular complexity index is 461. The van der Waals surface area contributed by atoms with Crippen molar-refractivity contribution in [3.8, 4) is 0 Å². The molecule has 20 heavy (non-hydrogen) atoms. The Labute approximate surface area is 124 Å². The van der Waals surface area contributed by atoms with Gasteiger partial charge in [0.1, 0.15) is 0 Å². The molecule has 4 heteroatoms. The maximum Gasteiger partial charge on any atom is 0.233 e. The standard InChI is InChI=1S/C16H21NO2S/c1-2-15(20-14-6-4-3-5-7-14)16(19)17-13-9-8-12(10-13)11-18/h3-9,12-13,15,18H,2,10-11H2,1H3,(H,17,19)/t12-,13+,15?/m0/s1. The van der Waals surface area contributed by atoms with Crippen molar-refractivity contribution in [2.45, 2.75) is 36.0 Å². The van der Waals surface area contributed by atoms with E-state index in [1.807, 2.05) is 49.4 Å². The molecule has 1 unspecified atom stereocenters. The van der Waals surface area contributed by atoms with Gasteiger partial charge >= 0.3 is 0 Å². The highest BCUT2D eigenvalue weighted by Crippen LogP contribution is 2.26. The van der Waals surface area contributed by atoms with Crippen LogP contribution in [0.4, 0.5) is 0 Å². The molecule has 2 N–H and O–H groups in total. The molecular weight excluding hydrogens is 270 g/mol. The molecule has 0 aliphatic heterocycles. The van der Waals surface area contributed by atoms with E-state index in [2.05, 4.69) is 5.32 Å². The van der Waals surface area contributed by atoms with Gasteiger partial charge in [0.25, 0.3) is 0 Å². The lowest BCUT2D eigenvalue weighted by atomic mass is 10.1. The number of aliphatic hydroxyl groups excluding tert-OH is 1. The number of benzene rings is 1. The van der Waals surface area contributed by atoms with Gasteiger partial charge in [-0.25, -0.2) is 0 Å². The Morgan fingerprint density at radius 3 is 2.75 bits per heavy atom. The Balaban J connectivity index is 1.88. The number of aliphatic hydroxyl groups is 1. The minimum atomic E-state index is -0.0704. The van der Waals surface area contributed by atoms with Crippen molar-refractivity contribution >= 4 is 17.7 Å². The monoisotopic (exact) mass is 291 g/mol. The summed E-state index contributed by atoms with van der Waals surface area (Å²) in [6, 6.07) is 10.1. The third-order valence-corrected chi connectivity index (χ3v) is 4.80. The first kappa shape index (κ1) is 15.1. The Hall–Kier alpha value is -1.26. The molecule has 0 bridgehead atoms. The van der Waals surface area contributed by atoms with Crippen LogP contribution in [-0.2, 0) is 4.79 Å². The summed E-state index contributed by atoms with van der Waals surface area (Å²) in [4.78, 5) is 13.4. The van der Waals surface area contributed by atoms with Crippen molar-refractivity contribution in [3.63, 3.8) is 0 Å². The fourth-order valence-electron chi connectivity index (χ4n) is 2.28. The fourth-order valence-corrected chi connectivity index (χ4v) is 3.26. The summed E-state index contributed by atoms with van der Waals surface area (Å²) in [6.45, 7) is 2.18. The van der Waals surface area contributed by atoms with E-state index < -0.39 is 0 Å². The van der Waals surface area contributed by atoms with Crippen molar-refractivity contribution < 1.29 is 9.90 Å². The smallest absolute Gasteiger partial charge is 0.233 e. The topological polar surface area (TPSA) is 49.3 Å². The summed E-state index contributed by atoms with van der Waals surface area (Å²) in [5.74, 6) is 0.261. The molecule has 1 aliphatic rings. The highest BCUT2D eigenvalue weighted by atomic mass is 32.2. The number of rotatable bonds is 6. The molecule has 1 aliphatic carbocycles. The average Bonchev–Trinajstić information content (AvgIpc) is 2.93. The van der Waals surface area contributed by atoms with Gasteiger partial charge in [0, 0.05) is 23.5 Å². The third-order valence-electron chi connectivity index (χ3n) is 3.42. The van der Waals surface area contributed by atoms with Gasteiger partial charge in [-0.3, -0.25) is 4.79 Å². The van der Waals surface area contributed by atoms with Gasteiger partial charge in [-0.2, -0.15) is 0 Å². The minimum absolute atomic E-state index is 0.0603. The predicted octanol–water partition coefficient (Wildman–Crippen LogP) is 2.61. The number of hydrogen-bond acceptors (Lipinski definition) is 3. The molecule has 0 saturated carbocycles. The normalized spacial score (nSPS) is 22.7. The van der Waals surface area contributed by atoms with Crippen LogP contribution < -0.4 is 5.32 Å². The van der Waals surface area contributed by atoms with E-state index >= 15 is 0 Å². The second-order valence-corrected chi connectivity index (χ2v) is 6.28. The summed E-state index contributed by atoms with van der Waals surface area (Å²) in [5.41, 5.74) is 0. The van der Waals surface area contributed by atoms with Gasteiger partial charge < -0.3 is 10.4 Å². The van der Waals surface area contributed by atoms with Crippen LogP contribution in [0.2, 0.25) is 0 Å². The Morgan fingerprint density at radius 1 is 1.40 bits per heavy atom. The first-order chi connectivity index (χ1) is 9.72. The molecule has 108 valence electrons. The lowest BCUT2D eigenvalue weighted by Gasteiger charge is -2.18. The van der Waals surface area contributed by atoms with Crippen LogP contribution in [0.25, 0.3) is 0 Å². The molecule has 1 aromatic carbocycles. The zero-order chi connectivity index (χ0) is 14.4. The molecular formula is C16H21NO2S. The molecule has 0 fully saturated rings. The zero-order valence-corrected chi connectivity index (χ0v) is 12.5. The second kappa shape index (κ2) is 7.50. The van der Waals surface area contributed by atoms with Crippen LogP contribution in [0.3, 0.4) is 0 Å². The van der Waals surface area contributed by atoms with Gasteiger partial charge in [0.2, 0.25) is 5.91 Å². The van der Waals surface area contributed by atoms with E-state index in [1.54, 1.807) is 11.8 Å². The number of carbonyl (C=O) groups is 1. The molecule has 0 heterocycles. The predicted molar refractivity (Wildman–Crippen MR) is 82.6 cm³/mol. The van der Waals surface area contributed by atoms with E-state index in [4.69, 9.17) is 5.11 Å². The molecule has 0 radical (unpaired) electrons. The lowest BCUT2D eigenvalue weighted by molar-refractivity contribution is -0.121. The number of amides is 1. The molecule has 0 aromatic heterocycles. The van der Waals surface area contributed by atoms with Crippen LogP contribution in [0.5, 0.6) is 0 Å². The van der Waals surface area contributed by atoms with Crippen molar-refractivity contribution in [1.29, 1.82) is 0 Å². The third kappa shape index (κ3) is 4.12. The maximum atomic E-state index is 12.3. The minimum Gasteiger partial charge on any atom is -0.396 e. The second-order valence-electron chi connectivity index (χ2n) is 5.01. The first-order valence-electron chi connectivity index (χ1n) is 7.04. The van der Waals surface area contributed by atoms with Crippen molar-refractivity contribution in [2.75, 3.05) is 6.61 Å². The summed E-state index contributed by atoms with van der Waals surface area (Å²) in [6.07, 6.45) is 5.56. The van der Waals surface area contributed by atoms with Crippen LogP contribution in [-0.4, -0.2) is 28.9 Å². The molecule has 0 saturated heterocycles. The highest BCUT2D eigenvalue weighted by molar-refractivity contribution is 8.00. The van der Waals surface area contributed by atoms with Gasteiger partial charge in [0.05, 0.1) is 5.25 Å². The summed E-state index contributed by atoms with van der Waals surface area (Å²) in [5, 5.41) is 12.1. The number of hydrogen-bond donors (Lipinski definition) is 2. The largest absolute Gasteiger partial charge is 0.396 e. The number of nitrogens with one attached hydrogen (secondary N) is 1. The Kier molecular flexibility index (Phi) is 5.68. The lowest BCUT2D eigenvalue weighted by Crippen LogP contribution is -2.38. The fraction of sp³-hybridized carbons (Fsp3) is 0.438. The summed E-state index contributed by atoms with van der Waals surface area (Å²) >= 11 is 1.60. The van der Waals surface area contributed by atoms with Crippen LogP contribution >= 0.6 is 11.8 Å². The van der Waals surface area contributed by atoms with Crippen molar-refractivity contribution in [2.24, 2.45) is 5.92 Å². The number of carbonyl (C=O) groups excluding carboxylic acids is 1. The highest BCUT2D eigenvalue weighted by Gasteiger charge is 2.24. The first-order valence-corrected chi connectivity index (χ1v) is 7.92. The Morgan fingerprint density at radius 2 is 2.15 bits per heavy atom. The molecule has 3 atom stereocenters. The van der Waals surface area contributed by atoms with Crippen LogP contribution in [0.1, 0.15) is 19.8 Å². The maximum absolute atomic E-state index is 12.3. The van der Waals surface area contributed by atoms with Gasteiger partial charge in [0.15, 0.2) is 0 Å². The molecule has 2 rings (SSSR count). The van der Waals surface area contributed by atoms with E-state index in [-0.39, 0.29) is 29.7 Å². The van der Waals surface area contributed by atoms with Crippen LogP contribution in [0.15, 0.2) is 47.4 Å². The summed E-state index contributed by atoms with van der Waals surface area (Å²) in [7, 11) is 0. The van der Waals surface area contributed by atoms with Crippen molar-refractivity contribution in [1.82, 2.24) is 5.32 Å². The van der Waals surface area contributed by atoms with E-state index in [0.717, 1.165) is 17.7 Å².